The van der Waals surface area contributed by atoms with Gasteiger partial charge in [0, 0.05) is 11.4 Å². The molecule has 0 aliphatic carbocycles. The fourth-order valence-corrected chi connectivity index (χ4v) is 4.06. The average molecular weight is 393 g/mol. The predicted octanol–water partition coefficient (Wildman–Crippen LogP) is 4.45. The van der Waals surface area contributed by atoms with Crippen molar-refractivity contribution in [2.75, 3.05) is 10.0 Å². The first kappa shape index (κ1) is 17.5. The van der Waals surface area contributed by atoms with Gasteiger partial charge in [-0.3, -0.25) is 9.52 Å². The Balaban J connectivity index is 1.72. The number of halogens is 1. The van der Waals surface area contributed by atoms with Crippen molar-refractivity contribution in [2.24, 2.45) is 0 Å². The van der Waals surface area contributed by atoms with E-state index in [0.29, 0.717) is 20.6 Å². The molecule has 0 atom stereocenters. The van der Waals surface area contributed by atoms with Gasteiger partial charge in [-0.15, -0.1) is 11.3 Å². The lowest BCUT2D eigenvalue weighted by Crippen LogP contribution is -2.13. The molecule has 0 fully saturated rings. The molecular weight excluding hydrogens is 380 g/mol. The van der Waals surface area contributed by atoms with Crippen molar-refractivity contribution < 1.29 is 13.2 Å². The molecule has 3 aromatic rings. The van der Waals surface area contributed by atoms with E-state index >= 15 is 0 Å². The average Bonchev–Trinajstić information content (AvgIpc) is 3.02. The monoisotopic (exact) mass is 392 g/mol. The third-order valence-corrected chi connectivity index (χ3v) is 5.87. The summed E-state index contributed by atoms with van der Waals surface area (Å²) in [5, 5.41) is 2.70. The molecule has 0 saturated heterocycles. The van der Waals surface area contributed by atoms with E-state index in [1.54, 1.807) is 42.5 Å². The van der Waals surface area contributed by atoms with Gasteiger partial charge < -0.3 is 5.32 Å². The highest BCUT2D eigenvalue weighted by Crippen LogP contribution is 2.23. The maximum Gasteiger partial charge on any atom is 0.265 e. The van der Waals surface area contributed by atoms with Crippen molar-refractivity contribution in [3.8, 4) is 0 Å². The summed E-state index contributed by atoms with van der Waals surface area (Å²) < 4.78 is 27.7. The summed E-state index contributed by atoms with van der Waals surface area (Å²) >= 11 is 6.98. The Kier molecular flexibility index (Phi) is 5.08. The lowest BCUT2D eigenvalue weighted by atomic mass is 10.3. The first-order chi connectivity index (χ1) is 11.9. The Bertz CT molecular complexity index is 984. The number of carbonyl (C=O) groups is 1. The molecule has 25 heavy (non-hydrogen) atoms. The molecule has 1 amide bonds. The van der Waals surface area contributed by atoms with Crippen LogP contribution in [0.3, 0.4) is 0 Å². The minimum atomic E-state index is -3.69. The molecule has 2 aromatic carbocycles. The zero-order valence-electron chi connectivity index (χ0n) is 12.8. The van der Waals surface area contributed by atoms with Gasteiger partial charge in [0.25, 0.3) is 15.9 Å². The molecule has 5 nitrogen and oxygen atoms in total. The summed E-state index contributed by atoms with van der Waals surface area (Å²) in [6.07, 6.45) is 0. The Morgan fingerprint density at radius 3 is 2.16 bits per heavy atom. The largest absolute Gasteiger partial charge is 0.321 e. The van der Waals surface area contributed by atoms with Crippen molar-refractivity contribution in [2.45, 2.75) is 4.90 Å². The van der Waals surface area contributed by atoms with Crippen molar-refractivity contribution in [3.63, 3.8) is 0 Å². The third-order valence-electron chi connectivity index (χ3n) is 3.25. The predicted molar refractivity (Wildman–Crippen MR) is 101 cm³/mol. The Morgan fingerprint density at radius 1 is 0.880 bits per heavy atom. The zero-order valence-corrected chi connectivity index (χ0v) is 15.2. The second kappa shape index (κ2) is 7.26. The van der Waals surface area contributed by atoms with Crippen molar-refractivity contribution in [3.05, 3.63) is 75.9 Å². The van der Waals surface area contributed by atoms with Crippen molar-refractivity contribution >= 4 is 50.2 Å². The molecule has 2 N–H and O–H groups in total. The maximum absolute atomic E-state index is 12.3. The van der Waals surface area contributed by atoms with E-state index in [-0.39, 0.29) is 10.8 Å². The van der Waals surface area contributed by atoms with Crippen LogP contribution >= 0.6 is 22.9 Å². The molecule has 8 heteroatoms. The zero-order chi connectivity index (χ0) is 17.9. The third kappa shape index (κ3) is 4.39. The number of hydrogen-bond acceptors (Lipinski definition) is 4. The number of para-hydroxylation sites is 1. The van der Waals surface area contributed by atoms with E-state index in [2.05, 4.69) is 10.0 Å². The molecule has 1 aromatic heterocycles. The Morgan fingerprint density at radius 2 is 1.56 bits per heavy atom. The van der Waals surface area contributed by atoms with Crippen molar-refractivity contribution in [1.29, 1.82) is 0 Å². The van der Waals surface area contributed by atoms with Gasteiger partial charge in [-0.05, 0) is 48.5 Å². The van der Waals surface area contributed by atoms with Gasteiger partial charge in [-0.2, -0.15) is 0 Å². The van der Waals surface area contributed by atoms with Gasteiger partial charge in [-0.1, -0.05) is 29.8 Å². The van der Waals surface area contributed by atoms with Crippen LogP contribution in [0.2, 0.25) is 4.34 Å². The second-order valence-corrected chi connectivity index (χ2v) is 8.45. The number of rotatable bonds is 5. The number of nitrogens with one attached hydrogen (secondary N) is 2. The van der Waals surface area contributed by atoms with E-state index in [1.165, 1.54) is 35.6 Å². The molecule has 0 bridgehead atoms. The van der Waals surface area contributed by atoms with Gasteiger partial charge in [0.15, 0.2) is 0 Å². The minimum absolute atomic E-state index is 0.105. The van der Waals surface area contributed by atoms with Crippen LogP contribution in [0.25, 0.3) is 0 Å². The fraction of sp³-hybridized carbons (Fsp3) is 0. The minimum Gasteiger partial charge on any atom is -0.321 e. The quantitative estimate of drug-likeness (QED) is 0.673. The van der Waals surface area contributed by atoms with E-state index in [1.807, 2.05) is 0 Å². The highest BCUT2D eigenvalue weighted by Gasteiger charge is 2.15. The Hall–Kier alpha value is -2.35. The van der Waals surface area contributed by atoms with Gasteiger partial charge in [0.2, 0.25) is 0 Å². The van der Waals surface area contributed by atoms with Crippen LogP contribution in [0.1, 0.15) is 9.67 Å². The summed E-state index contributed by atoms with van der Waals surface area (Å²) in [6, 6.07) is 17.8. The lowest BCUT2D eigenvalue weighted by molar-refractivity contribution is 0.103. The van der Waals surface area contributed by atoms with E-state index in [4.69, 9.17) is 11.6 Å². The topological polar surface area (TPSA) is 75.3 Å². The standard InChI is InChI=1S/C17H13ClN2O3S2/c18-16-11-10-15(24-16)17(21)19-12-6-8-14(9-7-12)25(22,23)20-13-4-2-1-3-5-13/h1-11,20H,(H,19,21). The number of sulfonamides is 1. The highest BCUT2D eigenvalue weighted by atomic mass is 35.5. The van der Waals surface area contributed by atoms with Crippen LogP contribution in [0.5, 0.6) is 0 Å². The summed E-state index contributed by atoms with van der Waals surface area (Å²) in [5.74, 6) is -0.296. The first-order valence-corrected chi connectivity index (χ1v) is 9.86. The smallest absolute Gasteiger partial charge is 0.265 e. The van der Waals surface area contributed by atoms with E-state index < -0.39 is 10.0 Å². The number of amides is 1. The number of anilines is 2. The summed E-state index contributed by atoms with van der Waals surface area (Å²) in [6.45, 7) is 0. The van der Waals surface area contributed by atoms with Crippen LogP contribution in [-0.4, -0.2) is 14.3 Å². The number of benzene rings is 2. The van der Waals surface area contributed by atoms with Gasteiger partial charge in [-0.25, -0.2) is 8.42 Å². The van der Waals surface area contributed by atoms with Crippen molar-refractivity contribution in [1.82, 2.24) is 0 Å². The van der Waals surface area contributed by atoms with Gasteiger partial charge in [0.1, 0.15) is 0 Å². The molecule has 0 unspecified atom stereocenters. The summed E-state index contributed by atoms with van der Waals surface area (Å²) in [7, 11) is -3.69. The lowest BCUT2D eigenvalue weighted by Gasteiger charge is -2.09. The fourth-order valence-electron chi connectivity index (χ4n) is 2.07. The molecule has 0 aliphatic heterocycles. The van der Waals surface area contributed by atoms with Gasteiger partial charge in [0.05, 0.1) is 14.1 Å². The van der Waals surface area contributed by atoms with Crippen LogP contribution in [0.4, 0.5) is 11.4 Å². The number of thiophene rings is 1. The molecule has 3 rings (SSSR count). The molecule has 0 aliphatic rings. The van der Waals surface area contributed by atoms with E-state index in [9.17, 15) is 13.2 Å². The van der Waals surface area contributed by atoms with Crippen LogP contribution in [-0.2, 0) is 10.0 Å². The molecule has 0 spiro atoms. The first-order valence-electron chi connectivity index (χ1n) is 7.19. The van der Waals surface area contributed by atoms with Crippen LogP contribution < -0.4 is 10.0 Å². The van der Waals surface area contributed by atoms with Gasteiger partial charge >= 0.3 is 0 Å². The SMILES string of the molecule is O=C(Nc1ccc(S(=O)(=O)Nc2ccccc2)cc1)c1ccc(Cl)s1. The Labute approximate surface area is 154 Å². The summed E-state index contributed by atoms with van der Waals surface area (Å²) in [4.78, 5) is 12.6. The molecule has 1 heterocycles. The highest BCUT2D eigenvalue weighted by molar-refractivity contribution is 7.92. The number of carbonyl (C=O) groups excluding carboxylic acids is 1. The number of hydrogen-bond donors (Lipinski definition) is 2. The van der Waals surface area contributed by atoms with Crippen LogP contribution in [0, 0.1) is 0 Å². The van der Waals surface area contributed by atoms with E-state index in [0.717, 1.165) is 0 Å². The maximum atomic E-state index is 12.3. The summed E-state index contributed by atoms with van der Waals surface area (Å²) in [5.41, 5.74) is 0.975. The molecular formula is C17H13ClN2O3S2. The molecule has 0 radical (unpaired) electrons. The molecule has 0 saturated carbocycles. The van der Waals surface area contributed by atoms with Crippen LogP contribution in [0.15, 0.2) is 71.6 Å². The second-order valence-electron chi connectivity index (χ2n) is 5.05. The normalized spacial score (nSPS) is 11.1. The molecule has 128 valence electrons.